The Bertz CT molecular complexity index is 737. The maximum Gasteiger partial charge on any atom is 0.307 e. The summed E-state index contributed by atoms with van der Waals surface area (Å²) >= 11 is 3.37. The number of halogens is 1. The van der Waals surface area contributed by atoms with Gasteiger partial charge in [0.05, 0.1) is 19.6 Å². The first-order valence-corrected chi connectivity index (χ1v) is 8.46. The second-order valence-electron chi connectivity index (χ2n) is 5.75. The van der Waals surface area contributed by atoms with Crippen molar-refractivity contribution in [3.05, 3.63) is 51.8 Å². The Morgan fingerprint density at radius 1 is 1.38 bits per heavy atom. The van der Waals surface area contributed by atoms with E-state index in [9.17, 15) is 9.59 Å². The van der Waals surface area contributed by atoms with E-state index in [1.165, 1.54) is 7.11 Å². The first kappa shape index (κ1) is 16.7. The van der Waals surface area contributed by atoms with Crippen molar-refractivity contribution in [2.45, 2.75) is 31.2 Å². The number of carbonyl (C=O) groups excluding carboxylic acids is 2. The second kappa shape index (κ2) is 7.17. The monoisotopic (exact) mass is 392 g/mol. The maximum absolute atomic E-state index is 12.4. The zero-order valence-corrected chi connectivity index (χ0v) is 14.7. The molecule has 1 unspecified atom stereocenters. The largest absolute Gasteiger partial charge is 0.469 e. The van der Waals surface area contributed by atoms with Crippen molar-refractivity contribution < 1.29 is 18.8 Å². The lowest BCUT2D eigenvalue weighted by atomic mass is 10.0. The molecule has 0 saturated heterocycles. The third kappa shape index (κ3) is 4.03. The Kier molecular flexibility index (Phi) is 4.99. The number of amides is 1. The first-order chi connectivity index (χ1) is 11.6. The SMILES string of the molecule is COC(=O)CC(NC(=O)c1cc(C2CC2)on1)c1ccc(Br)cc1. The van der Waals surface area contributed by atoms with Gasteiger partial charge in [-0.3, -0.25) is 9.59 Å². The lowest BCUT2D eigenvalue weighted by Crippen LogP contribution is -2.30. The van der Waals surface area contributed by atoms with Crippen LogP contribution in [0.1, 0.15) is 53.0 Å². The summed E-state index contributed by atoms with van der Waals surface area (Å²) in [7, 11) is 1.32. The number of methoxy groups -OCH3 is 1. The number of esters is 1. The molecule has 6 nitrogen and oxygen atoms in total. The van der Waals surface area contributed by atoms with Gasteiger partial charge in [-0.2, -0.15) is 0 Å². The highest BCUT2D eigenvalue weighted by Gasteiger charge is 2.29. The Labute approximate surface area is 147 Å². The lowest BCUT2D eigenvalue weighted by Gasteiger charge is -2.17. The van der Waals surface area contributed by atoms with Crippen molar-refractivity contribution in [2.24, 2.45) is 0 Å². The third-order valence-electron chi connectivity index (χ3n) is 3.92. The topological polar surface area (TPSA) is 81.4 Å². The summed E-state index contributed by atoms with van der Waals surface area (Å²) in [5, 5.41) is 6.66. The van der Waals surface area contributed by atoms with E-state index in [1.807, 2.05) is 24.3 Å². The highest BCUT2D eigenvalue weighted by atomic mass is 79.9. The van der Waals surface area contributed by atoms with E-state index >= 15 is 0 Å². The minimum atomic E-state index is -0.501. The summed E-state index contributed by atoms with van der Waals surface area (Å²) in [6.45, 7) is 0. The molecule has 1 fully saturated rings. The average Bonchev–Trinajstić information content (AvgIpc) is 3.31. The van der Waals surface area contributed by atoms with Crippen LogP contribution in [-0.2, 0) is 9.53 Å². The van der Waals surface area contributed by atoms with Gasteiger partial charge in [-0.15, -0.1) is 0 Å². The number of nitrogens with zero attached hydrogens (tertiary/aromatic N) is 1. The van der Waals surface area contributed by atoms with Crippen LogP contribution in [0.5, 0.6) is 0 Å². The van der Waals surface area contributed by atoms with Gasteiger partial charge in [-0.05, 0) is 30.5 Å². The van der Waals surface area contributed by atoms with Gasteiger partial charge in [0.15, 0.2) is 5.69 Å². The van der Waals surface area contributed by atoms with Crippen LogP contribution in [0.3, 0.4) is 0 Å². The molecular formula is C17H17BrN2O4. The molecule has 1 aromatic heterocycles. The Morgan fingerprint density at radius 2 is 2.08 bits per heavy atom. The fourth-order valence-electron chi connectivity index (χ4n) is 2.39. The van der Waals surface area contributed by atoms with Crippen LogP contribution in [0.15, 0.2) is 39.3 Å². The molecule has 1 saturated carbocycles. The standard InChI is InChI=1S/C17H17BrN2O4/c1-23-16(21)9-13(10-4-6-12(18)7-5-10)19-17(22)14-8-15(24-20-14)11-2-3-11/h4-8,11,13H,2-3,9H2,1H3,(H,19,22). The van der Waals surface area contributed by atoms with E-state index in [0.29, 0.717) is 5.92 Å². The molecular weight excluding hydrogens is 376 g/mol. The van der Waals surface area contributed by atoms with Gasteiger partial charge in [0, 0.05) is 16.5 Å². The van der Waals surface area contributed by atoms with Crippen molar-refractivity contribution >= 4 is 27.8 Å². The van der Waals surface area contributed by atoms with Crippen molar-refractivity contribution in [2.75, 3.05) is 7.11 Å². The number of nitrogens with one attached hydrogen (secondary N) is 1. The highest BCUT2D eigenvalue weighted by Crippen LogP contribution is 2.40. The molecule has 1 aliphatic carbocycles. The van der Waals surface area contributed by atoms with Gasteiger partial charge in [0.2, 0.25) is 0 Å². The number of aromatic nitrogens is 1. The molecule has 2 aromatic rings. The number of rotatable bonds is 6. The molecule has 7 heteroatoms. The minimum Gasteiger partial charge on any atom is -0.469 e. The van der Waals surface area contributed by atoms with Gasteiger partial charge in [0.1, 0.15) is 5.76 Å². The number of ether oxygens (including phenoxy) is 1. The van der Waals surface area contributed by atoms with Gasteiger partial charge in [0.25, 0.3) is 5.91 Å². The molecule has 24 heavy (non-hydrogen) atoms. The fourth-order valence-corrected chi connectivity index (χ4v) is 2.65. The molecule has 0 bridgehead atoms. The van der Waals surface area contributed by atoms with E-state index in [2.05, 4.69) is 26.4 Å². The summed E-state index contributed by atoms with van der Waals surface area (Å²) in [5.41, 5.74) is 1.03. The quantitative estimate of drug-likeness (QED) is 0.762. The lowest BCUT2D eigenvalue weighted by molar-refractivity contribution is -0.141. The zero-order chi connectivity index (χ0) is 17.1. The molecule has 0 radical (unpaired) electrons. The van der Waals surface area contributed by atoms with Crippen molar-refractivity contribution in [3.8, 4) is 0 Å². The molecule has 126 valence electrons. The Hall–Kier alpha value is -2.15. The van der Waals surface area contributed by atoms with Gasteiger partial charge >= 0.3 is 5.97 Å². The van der Waals surface area contributed by atoms with Crippen LogP contribution in [0.2, 0.25) is 0 Å². The zero-order valence-electron chi connectivity index (χ0n) is 13.1. The number of hydrogen-bond donors (Lipinski definition) is 1. The number of carbonyl (C=O) groups is 2. The normalized spacial score (nSPS) is 14.9. The summed E-state index contributed by atoms with van der Waals surface area (Å²) in [5.74, 6) is 0.356. The van der Waals surface area contributed by atoms with Gasteiger partial charge < -0.3 is 14.6 Å². The first-order valence-electron chi connectivity index (χ1n) is 7.66. The van der Waals surface area contributed by atoms with Crippen molar-refractivity contribution in [1.29, 1.82) is 0 Å². The maximum atomic E-state index is 12.4. The van der Waals surface area contributed by atoms with Crippen LogP contribution in [-0.4, -0.2) is 24.1 Å². The molecule has 1 atom stereocenters. The molecule has 0 spiro atoms. The van der Waals surface area contributed by atoms with Crippen LogP contribution >= 0.6 is 15.9 Å². The number of benzene rings is 1. The fraction of sp³-hybridized carbons (Fsp3) is 0.353. The van der Waals surface area contributed by atoms with Crippen LogP contribution in [0.4, 0.5) is 0 Å². The number of hydrogen-bond acceptors (Lipinski definition) is 5. The third-order valence-corrected chi connectivity index (χ3v) is 4.45. The molecule has 1 N–H and O–H groups in total. The molecule has 1 aromatic carbocycles. The minimum absolute atomic E-state index is 0.0389. The summed E-state index contributed by atoms with van der Waals surface area (Å²) < 4.78 is 10.8. The van der Waals surface area contributed by atoms with Crippen molar-refractivity contribution in [1.82, 2.24) is 10.5 Å². The Balaban J connectivity index is 1.75. The summed E-state index contributed by atoms with van der Waals surface area (Å²) in [6.07, 6.45) is 2.18. The molecule has 0 aliphatic heterocycles. The summed E-state index contributed by atoms with van der Waals surface area (Å²) in [4.78, 5) is 24.1. The molecule has 1 amide bonds. The van der Waals surface area contributed by atoms with Crippen LogP contribution < -0.4 is 5.32 Å². The van der Waals surface area contributed by atoms with Crippen LogP contribution in [0.25, 0.3) is 0 Å². The molecule has 1 aliphatic rings. The second-order valence-corrected chi connectivity index (χ2v) is 6.66. The van der Waals surface area contributed by atoms with E-state index in [0.717, 1.165) is 28.6 Å². The van der Waals surface area contributed by atoms with Gasteiger partial charge in [-0.25, -0.2) is 0 Å². The molecule has 1 heterocycles. The smallest absolute Gasteiger partial charge is 0.307 e. The predicted octanol–water partition coefficient (Wildman–Crippen LogP) is 3.35. The Morgan fingerprint density at radius 3 is 2.71 bits per heavy atom. The van der Waals surface area contributed by atoms with E-state index in [-0.39, 0.29) is 18.0 Å². The van der Waals surface area contributed by atoms with Gasteiger partial charge in [-0.1, -0.05) is 33.2 Å². The highest BCUT2D eigenvalue weighted by molar-refractivity contribution is 9.10. The van der Waals surface area contributed by atoms with E-state index in [1.54, 1.807) is 6.07 Å². The average molecular weight is 393 g/mol. The van der Waals surface area contributed by atoms with Crippen molar-refractivity contribution in [3.63, 3.8) is 0 Å². The predicted molar refractivity (Wildman–Crippen MR) is 89.5 cm³/mol. The summed E-state index contributed by atoms with van der Waals surface area (Å²) in [6, 6.07) is 8.57. The van der Waals surface area contributed by atoms with Crippen LogP contribution in [0, 0.1) is 0 Å². The van der Waals surface area contributed by atoms with E-state index in [4.69, 9.17) is 9.26 Å². The molecule has 3 rings (SSSR count). The van der Waals surface area contributed by atoms with E-state index < -0.39 is 12.0 Å².